The summed E-state index contributed by atoms with van der Waals surface area (Å²) in [6.07, 6.45) is 2.08. The molecular formula is C21H23N3O5S. The number of fused-ring (bicyclic) bond motifs is 3. The first-order chi connectivity index (χ1) is 14.5. The number of hydrogen-bond acceptors (Lipinski definition) is 6. The highest BCUT2D eigenvalue weighted by Crippen LogP contribution is 2.56. The quantitative estimate of drug-likeness (QED) is 0.579. The predicted octanol–water partition coefficient (Wildman–Crippen LogP) is 2.76. The van der Waals surface area contributed by atoms with E-state index in [2.05, 4.69) is 17.4 Å². The van der Waals surface area contributed by atoms with Crippen molar-refractivity contribution in [3.05, 3.63) is 63.7 Å². The molecule has 2 aliphatic carbocycles. The van der Waals surface area contributed by atoms with Crippen molar-refractivity contribution in [3.63, 3.8) is 0 Å². The Kier molecular flexibility index (Phi) is 4.76. The van der Waals surface area contributed by atoms with Gasteiger partial charge in [-0.2, -0.15) is 4.31 Å². The van der Waals surface area contributed by atoms with Crippen molar-refractivity contribution in [2.45, 2.75) is 29.7 Å². The number of aryl methyl sites for hydroxylation is 1. The first-order valence-corrected chi connectivity index (χ1v) is 11.6. The smallest absolute Gasteiger partial charge is 0.270 e. The lowest BCUT2D eigenvalue weighted by Crippen LogP contribution is -2.40. The fraction of sp³-hybridized carbons (Fsp3) is 0.429. The summed E-state index contributed by atoms with van der Waals surface area (Å²) < 4.78 is 33.2. The lowest BCUT2D eigenvalue weighted by molar-refractivity contribution is -0.385. The van der Waals surface area contributed by atoms with Gasteiger partial charge in [0.1, 0.15) is 4.90 Å². The van der Waals surface area contributed by atoms with Crippen LogP contribution in [0.5, 0.6) is 0 Å². The Bertz CT molecular complexity index is 1100. The van der Waals surface area contributed by atoms with Crippen LogP contribution in [-0.4, -0.2) is 50.0 Å². The van der Waals surface area contributed by atoms with E-state index < -0.39 is 14.9 Å². The number of non-ortho nitro benzene ring substituents is 1. The normalized spacial score (nSPS) is 25.8. The lowest BCUT2D eigenvalue weighted by atomic mass is 9.92. The molecule has 2 aromatic carbocycles. The maximum absolute atomic E-state index is 13.3. The van der Waals surface area contributed by atoms with Gasteiger partial charge in [-0.3, -0.25) is 10.1 Å². The van der Waals surface area contributed by atoms with E-state index in [-0.39, 0.29) is 29.7 Å². The summed E-state index contributed by atoms with van der Waals surface area (Å²) in [5, 5.41) is 14.7. The Hall–Kier alpha value is -2.49. The molecule has 3 aliphatic rings. The summed E-state index contributed by atoms with van der Waals surface area (Å²) in [5.74, 6) is 0.804. The van der Waals surface area contributed by atoms with Gasteiger partial charge in [0, 0.05) is 37.2 Å². The number of sulfonamides is 1. The average molecular weight is 429 g/mol. The van der Waals surface area contributed by atoms with Crippen LogP contribution in [0.4, 0.5) is 11.4 Å². The SMILES string of the molecule is O=[N+]([O-])c1ccc(NC2C3CCc4ccccc4C32)c(S(=O)(=O)N2CCOCC2)c1. The molecule has 0 bridgehead atoms. The standard InChI is InChI=1S/C21H23N3O5S/c25-24(26)15-6-8-18(19(13-15)30(27,28)23-9-11-29-12-10-23)22-21-17-7-5-14-3-1-2-4-16(14)20(17)21/h1-4,6,8,13,17,20-22H,5,7,9-12H2. The van der Waals surface area contributed by atoms with Gasteiger partial charge in [0.05, 0.1) is 23.8 Å². The van der Waals surface area contributed by atoms with E-state index in [1.807, 2.05) is 12.1 Å². The molecule has 2 fully saturated rings. The van der Waals surface area contributed by atoms with Crippen molar-refractivity contribution < 1.29 is 18.1 Å². The van der Waals surface area contributed by atoms with Crippen LogP contribution in [0.25, 0.3) is 0 Å². The largest absolute Gasteiger partial charge is 0.380 e. The molecule has 3 atom stereocenters. The zero-order chi connectivity index (χ0) is 20.9. The van der Waals surface area contributed by atoms with E-state index in [1.54, 1.807) is 0 Å². The van der Waals surface area contributed by atoms with Crippen LogP contribution < -0.4 is 5.32 Å². The molecule has 0 radical (unpaired) electrons. The molecule has 0 spiro atoms. The van der Waals surface area contributed by atoms with Crippen LogP contribution in [0.1, 0.15) is 23.5 Å². The monoisotopic (exact) mass is 429 g/mol. The number of nitrogens with zero attached hydrogens (tertiary/aromatic N) is 2. The lowest BCUT2D eigenvalue weighted by Gasteiger charge is -2.27. The second kappa shape index (κ2) is 7.33. The summed E-state index contributed by atoms with van der Waals surface area (Å²) in [6, 6.07) is 12.6. The van der Waals surface area contributed by atoms with Crippen LogP contribution in [0.15, 0.2) is 47.4 Å². The van der Waals surface area contributed by atoms with Gasteiger partial charge in [0.2, 0.25) is 10.0 Å². The van der Waals surface area contributed by atoms with E-state index in [0.717, 1.165) is 12.8 Å². The highest BCUT2D eigenvalue weighted by atomic mass is 32.2. The van der Waals surface area contributed by atoms with Gasteiger partial charge in [-0.25, -0.2) is 8.42 Å². The van der Waals surface area contributed by atoms with E-state index >= 15 is 0 Å². The van der Waals surface area contributed by atoms with Crippen LogP contribution in [0, 0.1) is 16.0 Å². The topological polar surface area (TPSA) is 102 Å². The number of ether oxygens (including phenoxy) is 1. The minimum absolute atomic E-state index is 0.0319. The van der Waals surface area contributed by atoms with Gasteiger partial charge in [0.15, 0.2) is 0 Å². The number of nitro groups is 1. The Morgan fingerprint density at radius 2 is 1.90 bits per heavy atom. The highest BCUT2D eigenvalue weighted by molar-refractivity contribution is 7.89. The molecule has 5 rings (SSSR count). The number of benzene rings is 2. The van der Waals surface area contributed by atoms with E-state index in [0.29, 0.717) is 30.7 Å². The summed E-state index contributed by atoms with van der Waals surface area (Å²) >= 11 is 0. The van der Waals surface area contributed by atoms with Crippen molar-refractivity contribution in [3.8, 4) is 0 Å². The number of rotatable bonds is 5. The first kappa shape index (κ1) is 19.5. The molecule has 9 heteroatoms. The van der Waals surface area contributed by atoms with E-state index in [1.165, 1.54) is 33.6 Å². The summed E-state index contributed by atoms with van der Waals surface area (Å²) in [5.41, 5.74) is 2.88. The molecule has 0 amide bonds. The second-order valence-corrected chi connectivity index (χ2v) is 9.96. The van der Waals surface area contributed by atoms with E-state index in [4.69, 9.17) is 4.74 Å². The Morgan fingerprint density at radius 1 is 1.13 bits per heavy atom. The molecule has 1 N–H and O–H groups in total. The fourth-order valence-electron chi connectivity index (χ4n) is 4.83. The third kappa shape index (κ3) is 3.27. The second-order valence-electron chi connectivity index (χ2n) is 8.05. The van der Waals surface area contributed by atoms with Crippen LogP contribution in [-0.2, 0) is 21.2 Å². The minimum Gasteiger partial charge on any atom is -0.380 e. The van der Waals surface area contributed by atoms with Crippen LogP contribution in [0.3, 0.4) is 0 Å². The van der Waals surface area contributed by atoms with Gasteiger partial charge in [0.25, 0.3) is 5.69 Å². The molecule has 30 heavy (non-hydrogen) atoms. The fourth-order valence-corrected chi connectivity index (χ4v) is 6.41. The first-order valence-electron chi connectivity index (χ1n) is 10.2. The predicted molar refractivity (Wildman–Crippen MR) is 111 cm³/mol. The molecule has 1 saturated carbocycles. The van der Waals surface area contributed by atoms with Crippen LogP contribution in [0.2, 0.25) is 0 Å². The van der Waals surface area contributed by atoms with Crippen molar-refractivity contribution in [1.82, 2.24) is 4.31 Å². The molecule has 0 aromatic heterocycles. The number of nitrogens with one attached hydrogen (secondary N) is 1. The van der Waals surface area contributed by atoms with Gasteiger partial charge in [-0.1, -0.05) is 24.3 Å². The number of nitro benzene ring substituents is 1. The van der Waals surface area contributed by atoms with Crippen molar-refractivity contribution >= 4 is 21.4 Å². The molecule has 158 valence electrons. The summed E-state index contributed by atoms with van der Waals surface area (Å²) in [6.45, 7) is 1.12. The molecular weight excluding hydrogens is 406 g/mol. The Labute approximate surface area is 175 Å². The van der Waals surface area contributed by atoms with Gasteiger partial charge in [-0.05, 0) is 36.0 Å². The Morgan fingerprint density at radius 3 is 2.67 bits per heavy atom. The van der Waals surface area contributed by atoms with Crippen molar-refractivity contribution in [2.24, 2.45) is 5.92 Å². The molecule has 2 aromatic rings. The van der Waals surface area contributed by atoms with Crippen LogP contribution >= 0.6 is 0 Å². The molecule has 3 unspecified atom stereocenters. The number of hydrogen-bond donors (Lipinski definition) is 1. The number of anilines is 1. The molecule has 8 nitrogen and oxygen atoms in total. The highest BCUT2D eigenvalue weighted by Gasteiger charge is 2.53. The third-order valence-electron chi connectivity index (χ3n) is 6.42. The Balaban J connectivity index is 1.48. The summed E-state index contributed by atoms with van der Waals surface area (Å²) in [7, 11) is -3.87. The van der Waals surface area contributed by atoms with Gasteiger partial charge >= 0.3 is 0 Å². The average Bonchev–Trinajstić information content (AvgIpc) is 3.47. The zero-order valence-corrected chi connectivity index (χ0v) is 17.2. The van der Waals surface area contributed by atoms with Gasteiger partial charge in [-0.15, -0.1) is 0 Å². The van der Waals surface area contributed by atoms with Crippen molar-refractivity contribution in [1.29, 1.82) is 0 Å². The summed E-state index contributed by atoms with van der Waals surface area (Å²) in [4.78, 5) is 10.7. The van der Waals surface area contributed by atoms with Gasteiger partial charge < -0.3 is 10.1 Å². The maximum atomic E-state index is 13.3. The molecule has 1 aliphatic heterocycles. The zero-order valence-electron chi connectivity index (χ0n) is 16.4. The minimum atomic E-state index is -3.87. The van der Waals surface area contributed by atoms with Crippen molar-refractivity contribution in [2.75, 3.05) is 31.6 Å². The molecule has 1 saturated heterocycles. The number of morpholine rings is 1. The molecule has 1 heterocycles. The third-order valence-corrected chi connectivity index (χ3v) is 8.35. The van der Waals surface area contributed by atoms with E-state index in [9.17, 15) is 18.5 Å². The maximum Gasteiger partial charge on any atom is 0.270 e.